The second-order valence-electron chi connectivity index (χ2n) is 4.21. The number of rotatable bonds is 3. The van der Waals surface area contributed by atoms with Gasteiger partial charge >= 0.3 is 6.03 Å². The zero-order valence-corrected chi connectivity index (χ0v) is 10.1. The van der Waals surface area contributed by atoms with Gasteiger partial charge in [-0.05, 0) is 25.1 Å². The summed E-state index contributed by atoms with van der Waals surface area (Å²) in [5.74, 6) is -0.252. The van der Waals surface area contributed by atoms with Crippen molar-refractivity contribution in [3.63, 3.8) is 0 Å². The van der Waals surface area contributed by atoms with E-state index in [9.17, 15) is 9.59 Å². The number of amides is 3. The second-order valence-corrected chi connectivity index (χ2v) is 4.21. The monoisotopic (exact) mass is 248 g/mol. The summed E-state index contributed by atoms with van der Waals surface area (Å²) in [6.07, 6.45) is 0. The number of hydrogen-bond donors (Lipinski definition) is 3. The summed E-state index contributed by atoms with van der Waals surface area (Å²) >= 11 is 0. The summed E-state index contributed by atoms with van der Waals surface area (Å²) in [6, 6.07) is 6.45. The summed E-state index contributed by atoms with van der Waals surface area (Å²) in [5, 5.41) is 5.42. The molecule has 1 heterocycles. The van der Waals surface area contributed by atoms with E-state index in [1.807, 2.05) is 6.07 Å². The van der Waals surface area contributed by atoms with E-state index in [0.717, 1.165) is 5.69 Å². The predicted molar refractivity (Wildman–Crippen MR) is 69.5 cm³/mol. The van der Waals surface area contributed by atoms with Crippen molar-refractivity contribution in [1.82, 2.24) is 5.32 Å². The molecule has 6 heteroatoms. The van der Waals surface area contributed by atoms with Crippen LogP contribution in [0.5, 0.6) is 0 Å². The number of carbonyl (C=O) groups is 2. The smallest absolute Gasteiger partial charge is 0.321 e. The van der Waals surface area contributed by atoms with Gasteiger partial charge in [-0.2, -0.15) is 0 Å². The lowest BCUT2D eigenvalue weighted by atomic mass is 10.2. The average Bonchev–Trinajstić information content (AvgIpc) is 2.75. The SMILES string of the molecule is C[C@@H](N)C(=O)Nc1cccc(N2CCNC2=O)c1. The molecule has 0 aromatic heterocycles. The van der Waals surface area contributed by atoms with Crippen molar-refractivity contribution in [2.75, 3.05) is 23.3 Å². The van der Waals surface area contributed by atoms with Crippen LogP contribution < -0.4 is 21.3 Å². The number of hydrogen-bond acceptors (Lipinski definition) is 3. The molecule has 4 N–H and O–H groups in total. The number of nitrogens with two attached hydrogens (primary N) is 1. The lowest BCUT2D eigenvalue weighted by Gasteiger charge is -2.16. The fourth-order valence-electron chi connectivity index (χ4n) is 1.73. The van der Waals surface area contributed by atoms with E-state index in [2.05, 4.69) is 10.6 Å². The molecule has 2 rings (SSSR count). The van der Waals surface area contributed by atoms with Crippen LogP contribution in [0.1, 0.15) is 6.92 Å². The van der Waals surface area contributed by atoms with E-state index in [4.69, 9.17) is 5.73 Å². The minimum atomic E-state index is -0.566. The van der Waals surface area contributed by atoms with Gasteiger partial charge in [-0.15, -0.1) is 0 Å². The normalized spacial score (nSPS) is 16.3. The van der Waals surface area contributed by atoms with Crippen molar-refractivity contribution in [2.24, 2.45) is 5.73 Å². The Bertz CT molecular complexity index is 473. The van der Waals surface area contributed by atoms with Crippen LogP contribution in [0.4, 0.5) is 16.2 Å². The molecule has 1 aromatic rings. The van der Waals surface area contributed by atoms with Gasteiger partial charge in [0.15, 0.2) is 0 Å². The standard InChI is InChI=1S/C12H16N4O2/c1-8(13)11(17)15-9-3-2-4-10(7-9)16-6-5-14-12(16)18/h2-4,7-8H,5-6,13H2,1H3,(H,14,18)(H,15,17)/t8-/m1/s1. The summed E-state index contributed by atoms with van der Waals surface area (Å²) < 4.78 is 0. The van der Waals surface area contributed by atoms with Gasteiger partial charge in [-0.3, -0.25) is 9.69 Å². The molecule has 0 saturated carbocycles. The van der Waals surface area contributed by atoms with E-state index < -0.39 is 6.04 Å². The molecule has 1 atom stereocenters. The van der Waals surface area contributed by atoms with E-state index in [-0.39, 0.29) is 11.9 Å². The van der Waals surface area contributed by atoms with Crippen LogP contribution >= 0.6 is 0 Å². The van der Waals surface area contributed by atoms with Gasteiger partial charge < -0.3 is 16.4 Å². The largest absolute Gasteiger partial charge is 0.336 e. The third kappa shape index (κ3) is 2.60. The minimum absolute atomic E-state index is 0.120. The van der Waals surface area contributed by atoms with Crippen LogP contribution in [0, 0.1) is 0 Å². The minimum Gasteiger partial charge on any atom is -0.336 e. The third-order valence-corrected chi connectivity index (χ3v) is 2.70. The predicted octanol–water partition coefficient (Wildman–Crippen LogP) is 0.502. The Morgan fingerprint density at radius 2 is 2.33 bits per heavy atom. The molecular formula is C12H16N4O2. The quantitative estimate of drug-likeness (QED) is 0.728. The Kier molecular flexibility index (Phi) is 3.47. The summed E-state index contributed by atoms with van der Waals surface area (Å²) in [6.45, 7) is 2.88. The van der Waals surface area contributed by atoms with E-state index in [1.165, 1.54) is 0 Å². The van der Waals surface area contributed by atoms with Crippen molar-refractivity contribution in [1.29, 1.82) is 0 Å². The highest BCUT2D eigenvalue weighted by molar-refractivity contribution is 5.97. The van der Waals surface area contributed by atoms with Gasteiger partial charge in [0.25, 0.3) is 0 Å². The zero-order valence-electron chi connectivity index (χ0n) is 10.1. The molecule has 0 spiro atoms. The van der Waals surface area contributed by atoms with E-state index in [1.54, 1.807) is 30.0 Å². The number of nitrogens with zero attached hydrogens (tertiary/aromatic N) is 1. The summed E-state index contributed by atoms with van der Waals surface area (Å²) in [4.78, 5) is 24.6. The Hall–Kier alpha value is -2.08. The van der Waals surface area contributed by atoms with Crippen LogP contribution in [0.25, 0.3) is 0 Å². The maximum absolute atomic E-state index is 11.5. The highest BCUT2D eigenvalue weighted by atomic mass is 16.2. The number of urea groups is 1. The fraction of sp³-hybridized carbons (Fsp3) is 0.333. The molecule has 0 unspecified atom stereocenters. The van der Waals surface area contributed by atoms with Gasteiger partial charge in [0.2, 0.25) is 5.91 Å². The van der Waals surface area contributed by atoms with Crippen LogP contribution in [0.3, 0.4) is 0 Å². The highest BCUT2D eigenvalue weighted by Crippen LogP contribution is 2.20. The number of carbonyl (C=O) groups excluding carboxylic acids is 2. The molecule has 6 nitrogen and oxygen atoms in total. The molecule has 3 amide bonds. The Labute approximate surface area is 105 Å². The van der Waals surface area contributed by atoms with Crippen molar-refractivity contribution in [2.45, 2.75) is 13.0 Å². The van der Waals surface area contributed by atoms with Gasteiger partial charge in [0.1, 0.15) is 0 Å². The first-order valence-electron chi connectivity index (χ1n) is 5.80. The molecule has 0 bridgehead atoms. The molecule has 1 aliphatic rings. The maximum atomic E-state index is 11.5. The Morgan fingerprint density at radius 3 is 2.94 bits per heavy atom. The summed E-state index contributed by atoms with van der Waals surface area (Å²) in [7, 11) is 0. The van der Waals surface area contributed by atoms with Gasteiger partial charge in [-0.25, -0.2) is 4.79 Å². The van der Waals surface area contributed by atoms with Crippen molar-refractivity contribution < 1.29 is 9.59 Å². The van der Waals surface area contributed by atoms with Gasteiger partial charge in [0, 0.05) is 24.5 Å². The topological polar surface area (TPSA) is 87.5 Å². The van der Waals surface area contributed by atoms with Gasteiger partial charge in [0.05, 0.1) is 6.04 Å². The highest BCUT2D eigenvalue weighted by Gasteiger charge is 2.21. The fourth-order valence-corrected chi connectivity index (χ4v) is 1.73. The molecule has 1 aromatic carbocycles. The first-order valence-corrected chi connectivity index (χ1v) is 5.80. The summed E-state index contributed by atoms with van der Waals surface area (Å²) in [5.41, 5.74) is 6.87. The van der Waals surface area contributed by atoms with Crippen LogP contribution in [0.2, 0.25) is 0 Å². The van der Waals surface area contributed by atoms with Crippen LogP contribution in [-0.4, -0.2) is 31.1 Å². The molecule has 0 aliphatic carbocycles. The van der Waals surface area contributed by atoms with Crippen molar-refractivity contribution in [3.05, 3.63) is 24.3 Å². The van der Waals surface area contributed by atoms with E-state index >= 15 is 0 Å². The van der Waals surface area contributed by atoms with Gasteiger partial charge in [-0.1, -0.05) is 6.07 Å². The molecule has 18 heavy (non-hydrogen) atoms. The number of benzene rings is 1. The van der Waals surface area contributed by atoms with Crippen LogP contribution in [-0.2, 0) is 4.79 Å². The lowest BCUT2D eigenvalue weighted by Crippen LogP contribution is -2.32. The molecule has 1 fully saturated rings. The molecule has 96 valence electrons. The maximum Gasteiger partial charge on any atom is 0.321 e. The van der Waals surface area contributed by atoms with E-state index in [0.29, 0.717) is 18.8 Å². The van der Waals surface area contributed by atoms with Crippen LogP contribution in [0.15, 0.2) is 24.3 Å². The molecule has 1 saturated heterocycles. The number of nitrogens with one attached hydrogen (secondary N) is 2. The zero-order chi connectivity index (χ0) is 13.1. The first-order chi connectivity index (χ1) is 8.58. The molecule has 1 aliphatic heterocycles. The Morgan fingerprint density at radius 1 is 1.56 bits per heavy atom. The lowest BCUT2D eigenvalue weighted by molar-refractivity contribution is -0.117. The average molecular weight is 248 g/mol. The van der Waals surface area contributed by atoms with Crippen molar-refractivity contribution in [3.8, 4) is 0 Å². The molecular weight excluding hydrogens is 232 g/mol. The Balaban J connectivity index is 2.15. The number of anilines is 2. The second kappa shape index (κ2) is 5.05. The molecule has 0 radical (unpaired) electrons. The van der Waals surface area contributed by atoms with Crippen molar-refractivity contribution >= 4 is 23.3 Å². The first kappa shape index (κ1) is 12.4. The third-order valence-electron chi connectivity index (χ3n) is 2.70.